The highest BCUT2D eigenvalue weighted by atomic mass is 32.2. The molecule has 0 bridgehead atoms. The standard InChI is InChI=1S/C13H17N3O2S2/c1-17-8-7-14-12-15-16-13(20-12)19-10-9-18-11-5-3-2-4-6-11/h2-6H,7-10H2,1H3,(H,14,15). The van der Waals surface area contributed by atoms with E-state index in [1.54, 1.807) is 30.2 Å². The molecule has 7 heteroatoms. The highest BCUT2D eigenvalue weighted by Gasteiger charge is 2.04. The van der Waals surface area contributed by atoms with Gasteiger partial charge in [-0.2, -0.15) is 0 Å². The molecule has 0 aliphatic rings. The van der Waals surface area contributed by atoms with Gasteiger partial charge in [-0.25, -0.2) is 0 Å². The SMILES string of the molecule is COCCNc1nnc(SCCOc2ccccc2)s1. The summed E-state index contributed by atoms with van der Waals surface area (Å²) in [5, 5.41) is 12.2. The Labute approximate surface area is 126 Å². The second kappa shape index (κ2) is 8.78. The van der Waals surface area contributed by atoms with Crippen LogP contribution in [0.1, 0.15) is 0 Å². The minimum Gasteiger partial charge on any atom is -0.493 e. The van der Waals surface area contributed by atoms with Crippen LogP contribution in [0.2, 0.25) is 0 Å². The molecule has 1 heterocycles. The van der Waals surface area contributed by atoms with Gasteiger partial charge in [0.1, 0.15) is 5.75 Å². The zero-order valence-corrected chi connectivity index (χ0v) is 12.9. The number of methoxy groups -OCH3 is 1. The van der Waals surface area contributed by atoms with E-state index in [-0.39, 0.29) is 0 Å². The van der Waals surface area contributed by atoms with E-state index in [9.17, 15) is 0 Å². The molecule has 1 N–H and O–H groups in total. The lowest BCUT2D eigenvalue weighted by Gasteiger charge is -2.03. The van der Waals surface area contributed by atoms with Gasteiger partial charge in [-0.05, 0) is 12.1 Å². The van der Waals surface area contributed by atoms with Crippen LogP contribution in [0.5, 0.6) is 5.75 Å². The fraction of sp³-hybridized carbons (Fsp3) is 0.385. The number of nitrogens with zero attached hydrogens (tertiary/aromatic N) is 2. The summed E-state index contributed by atoms with van der Waals surface area (Å²) in [5.41, 5.74) is 0. The predicted molar refractivity (Wildman–Crippen MR) is 82.9 cm³/mol. The third-order valence-corrected chi connectivity index (χ3v) is 4.29. The molecule has 0 fully saturated rings. The molecular formula is C13H17N3O2S2. The van der Waals surface area contributed by atoms with E-state index in [1.807, 2.05) is 30.3 Å². The first-order valence-electron chi connectivity index (χ1n) is 6.25. The van der Waals surface area contributed by atoms with Crippen molar-refractivity contribution in [3.63, 3.8) is 0 Å². The maximum Gasteiger partial charge on any atom is 0.206 e. The first-order valence-corrected chi connectivity index (χ1v) is 8.05. The third-order valence-electron chi connectivity index (χ3n) is 2.31. The lowest BCUT2D eigenvalue weighted by Crippen LogP contribution is -2.06. The van der Waals surface area contributed by atoms with Crippen LogP contribution in [0.25, 0.3) is 0 Å². The zero-order chi connectivity index (χ0) is 14.0. The minimum absolute atomic E-state index is 0.653. The fourth-order valence-electron chi connectivity index (χ4n) is 1.40. The summed E-state index contributed by atoms with van der Waals surface area (Å²) in [6.07, 6.45) is 0. The van der Waals surface area contributed by atoms with Crippen LogP contribution in [0.15, 0.2) is 34.7 Å². The van der Waals surface area contributed by atoms with Crippen molar-refractivity contribution in [2.24, 2.45) is 0 Å². The van der Waals surface area contributed by atoms with Gasteiger partial charge in [0.05, 0.1) is 13.2 Å². The monoisotopic (exact) mass is 311 g/mol. The molecule has 0 unspecified atom stereocenters. The van der Waals surface area contributed by atoms with E-state index in [0.29, 0.717) is 13.2 Å². The van der Waals surface area contributed by atoms with Crippen molar-refractivity contribution >= 4 is 28.2 Å². The molecule has 0 amide bonds. The van der Waals surface area contributed by atoms with E-state index in [0.717, 1.165) is 27.5 Å². The maximum absolute atomic E-state index is 5.62. The molecule has 1 aromatic carbocycles. The number of para-hydroxylation sites is 1. The summed E-state index contributed by atoms with van der Waals surface area (Å²) in [6, 6.07) is 9.80. The van der Waals surface area contributed by atoms with Crippen LogP contribution in [-0.4, -0.2) is 42.8 Å². The van der Waals surface area contributed by atoms with E-state index in [2.05, 4.69) is 15.5 Å². The van der Waals surface area contributed by atoms with Crippen molar-refractivity contribution in [1.29, 1.82) is 0 Å². The smallest absolute Gasteiger partial charge is 0.206 e. The average molecular weight is 311 g/mol. The highest BCUT2D eigenvalue weighted by molar-refractivity contribution is 8.01. The number of benzene rings is 1. The van der Waals surface area contributed by atoms with Crippen molar-refractivity contribution in [3.05, 3.63) is 30.3 Å². The molecule has 0 saturated heterocycles. The Morgan fingerprint density at radius 2 is 2.05 bits per heavy atom. The van der Waals surface area contributed by atoms with E-state index in [1.165, 1.54) is 0 Å². The molecule has 1 aromatic heterocycles. The van der Waals surface area contributed by atoms with Crippen LogP contribution >= 0.6 is 23.1 Å². The fourth-order valence-corrected chi connectivity index (χ4v) is 3.07. The van der Waals surface area contributed by atoms with Gasteiger partial charge < -0.3 is 14.8 Å². The summed E-state index contributed by atoms with van der Waals surface area (Å²) in [4.78, 5) is 0. The Balaban J connectivity index is 1.64. The maximum atomic E-state index is 5.62. The molecule has 0 aliphatic heterocycles. The van der Waals surface area contributed by atoms with Crippen molar-refractivity contribution in [2.45, 2.75) is 4.34 Å². The van der Waals surface area contributed by atoms with Crippen LogP contribution in [0.4, 0.5) is 5.13 Å². The van der Waals surface area contributed by atoms with E-state index in [4.69, 9.17) is 9.47 Å². The first-order chi connectivity index (χ1) is 9.88. The van der Waals surface area contributed by atoms with Crippen LogP contribution in [0.3, 0.4) is 0 Å². The molecule has 0 atom stereocenters. The van der Waals surface area contributed by atoms with Gasteiger partial charge in [-0.1, -0.05) is 41.3 Å². The van der Waals surface area contributed by atoms with Gasteiger partial charge in [0.15, 0.2) is 4.34 Å². The largest absolute Gasteiger partial charge is 0.493 e. The molecule has 108 valence electrons. The number of hydrogen-bond acceptors (Lipinski definition) is 7. The average Bonchev–Trinajstić information content (AvgIpc) is 2.93. The normalized spacial score (nSPS) is 10.4. The lowest BCUT2D eigenvalue weighted by atomic mass is 10.3. The number of hydrogen-bond donors (Lipinski definition) is 1. The van der Waals surface area contributed by atoms with Gasteiger partial charge in [0.2, 0.25) is 5.13 Å². The summed E-state index contributed by atoms with van der Waals surface area (Å²) < 4.78 is 11.5. The number of ether oxygens (including phenoxy) is 2. The van der Waals surface area contributed by atoms with Gasteiger partial charge >= 0.3 is 0 Å². The van der Waals surface area contributed by atoms with Gasteiger partial charge in [0.25, 0.3) is 0 Å². The van der Waals surface area contributed by atoms with Gasteiger partial charge in [-0.3, -0.25) is 0 Å². The number of aromatic nitrogens is 2. The molecular weight excluding hydrogens is 294 g/mol. The Morgan fingerprint density at radius 3 is 2.85 bits per heavy atom. The quantitative estimate of drug-likeness (QED) is 0.568. The number of rotatable bonds is 9. The zero-order valence-electron chi connectivity index (χ0n) is 11.2. The van der Waals surface area contributed by atoms with Gasteiger partial charge in [0, 0.05) is 19.4 Å². The van der Waals surface area contributed by atoms with Crippen LogP contribution < -0.4 is 10.1 Å². The van der Waals surface area contributed by atoms with E-state index >= 15 is 0 Å². The summed E-state index contributed by atoms with van der Waals surface area (Å²) >= 11 is 3.20. The topological polar surface area (TPSA) is 56.3 Å². The first kappa shape index (κ1) is 15.1. The molecule has 2 aromatic rings. The second-order valence-electron chi connectivity index (χ2n) is 3.80. The molecule has 2 rings (SSSR count). The Bertz CT molecular complexity index is 493. The summed E-state index contributed by atoms with van der Waals surface area (Å²) in [5.74, 6) is 1.74. The van der Waals surface area contributed by atoms with Crippen molar-refractivity contribution < 1.29 is 9.47 Å². The Hall–Kier alpha value is -1.31. The van der Waals surface area contributed by atoms with Crippen LogP contribution in [0, 0.1) is 0 Å². The summed E-state index contributed by atoms with van der Waals surface area (Å²) in [7, 11) is 1.68. The number of nitrogens with one attached hydrogen (secondary N) is 1. The van der Waals surface area contributed by atoms with Crippen molar-refractivity contribution in [3.8, 4) is 5.75 Å². The predicted octanol–water partition coefficient (Wildman–Crippen LogP) is 2.77. The summed E-state index contributed by atoms with van der Waals surface area (Å²) in [6.45, 7) is 2.06. The van der Waals surface area contributed by atoms with Crippen molar-refractivity contribution in [1.82, 2.24) is 10.2 Å². The van der Waals surface area contributed by atoms with Crippen molar-refractivity contribution in [2.75, 3.05) is 37.9 Å². The Morgan fingerprint density at radius 1 is 1.20 bits per heavy atom. The highest BCUT2D eigenvalue weighted by Crippen LogP contribution is 2.25. The number of anilines is 1. The molecule has 0 spiro atoms. The third kappa shape index (κ3) is 5.36. The Kier molecular flexibility index (Phi) is 6.62. The van der Waals surface area contributed by atoms with E-state index < -0.39 is 0 Å². The molecule has 20 heavy (non-hydrogen) atoms. The molecule has 5 nitrogen and oxygen atoms in total. The molecule has 0 saturated carbocycles. The van der Waals surface area contributed by atoms with Crippen LogP contribution in [-0.2, 0) is 4.74 Å². The molecule has 0 radical (unpaired) electrons. The lowest BCUT2D eigenvalue weighted by molar-refractivity contribution is 0.211. The second-order valence-corrected chi connectivity index (χ2v) is 6.12. The number of thioether (sulfide) groups is 1. The minimum atomic E-state index is 0.653. The molecule has 0 aliphatic carbocycles. The van der Waals surface area contributed by atoms with Gasteiger partial charge in [-0.15, -0.1) is 10.2 Å².